The molecule has 19 heavy (non-hydrogen) atoms. The molecule has 0 bridgehead atoms. The number of hydrogen-bond donors (Lipinski definition) is 0. The predicted molar refractivity (Wildman–Crippen MR) is 70.8 cm³/mol. The predicted octanol–water partition coefficient (Wildman–Crippen LogP) is 2.30. The van der Waals surface area contributed by atoms with E-state index in [1.54, 1.807) is 18.2 Å². The van der Waals surface area contributed by atoms with Crippen LogP contribution in [0, 0.1) is 10.1 Å². The summed E-state index contributed by atoms with van der Waals surface area (Å²) in [6, 6.07) is 6.03. The molecule has 0 aliphatic carbocycles. The van der Waals surface area contributed by atoms with Crippen LogP contribution in [0.5, 0.6) is 0 Å². The van der Waals surface area contributed by atoms with Crippen LogP contribution in [-0.4, -0.2) is 26.0 Å². The largest absolute Gasteiger partial charge is 0.269 e. The van der Waals surface area contributed by atoms with Gasteiger partial charge >= 0.3 is 0 Å². The van der Waals surface area contributed by atoms with Crippen LogP contribution in [0.15, 0.2) is 47.1 Å². The third kappa shape index (κ3) is 3.71. The van der Waals surface area contributed by atoms with Crippen molar-refractivity contribution in [1.82, 2.24) is 14.9 Å². The van der Waals surface area contributed by atoms with Crippen molar-refractivity contribution in [2.45, 2.75) is 0 Å². The molecule has 0 aliphatic rings. The molecule has 2 rings (SSSR count). The zero-order valence-corrected chi connectivity index (χ0v) is 10.3. The van der Waals surface area contributed by atoms with E-state index in [0.717, 1.165) is 5.56 Å². The summed E-state index contributed by atoms with van der Waals surface area (Å²) in [6.07, 6.45) is 5.91. The van der Waals surface area contributed by atoms with Gasteiger partial charge in [0.2, 0.25) is 0 Å². The Morgan fingerprint density at radius 1 is 1.32 bits per heavy atom. The van der Waals surface area contributed by atoms with Gasteiger partial charge in [0.25, 0.3) is 5.69 Å². The van der Waals surface area contributed by atoms with Crippen molar-refractivity contribution in [2.75, 3.05) is 0 Å². The van der Waals surface area contributed by atoms with E-state index in [0.29, 0.717) is 5.03 Å². The Kier molecular flexibility index (Phi) is 3.99. The summed E-state index contributed by atoms with van der Waals surface area (Å²) >= 11 is 5.96. The molecule has 0 radical (unpaired) electrons. The zero-order valence-electron chi connectivity index (χ0n) is 9.55. The summed E-state index contributed by atoms with van der Waals surface area (Å²) in [6.45, 7) is 0. The molecule has 0 aliphatic heterocycles. The van der Waals surface area contributed by atoms with Gasteiger partial charge in [-0.1, -0.05) is 11.6 Å². The first-order valence-corrected chi connectivity index (χ1v) is 5.53. The van der Waals surface area contributed by atoms with Gasteiger partial charge in [-0.25, -0.2) is 4.68 Å². The molecule has 0 saturated carbocycles. The minimum atomic E-state index is -0.456. The van der Waals surface area contributed by atoms with Crippen LogP contribution in [0.25, 0.3) is 6.08 Å². The number of nitrogens with zero attached hydrogens (tertiary/aromatic N) is 5. The van der Waals surface area contributed by atoms with Crippen molar-refractivity contribution in [3.8, 4) is 0 Å². The monoisotopic (exact) mass is 277 g/mol. The molecule has 0 spiro atoms. The second-order valence-electron chi connectivity index (χ2n) is 3.46. The van der Waals surface area contributed by atoms with Crippen molar-refractivity contribution < 1.29 is 4.92 Å². The molecule has 8 heteroatoms. The maximum absolute atomic E-state index is 10.5. The first-order valence-electron chi connectivity index (χ1n) is 5.16. The summed E-state index contributed by atoms with van der Waals surface area (Å²) in [5, 5.41) is 22.0. The second kappa shape index (κ2) is 5.87. The van der Waals surface area contributed by atoms with Crippen molar-refractivity contribution in [2.24, 2.45) is 5.10 Å². The van der Waals surface area contributed by atoms with Gasteiger partial charge in [-0.05, 0) is 23.8 Å². The van der Waals surface area contributed by atoms with E-state index < -0.39 is 4.92 Å². The number of benzene rings is 1. The number of nitro groups is 1. The average Bonchev–Trinajstić information content (AvgIpc) is 2.90. The van der Waals surface area contributed by atoms with Gasteiger partial charge < -0.3 is 0 Å². The quantitative estimate of drug-likeness (QED) is 0.487. The first kappa shape index (κ1) is 12.9. The molecule has 1 heterocycles. The van der Waals surface area contributed by atoms with Gasteiger partial charge in [-0.3, -0.25) is 10.1 Å². The van der Waals surface area contributed by atoms with E-state index in [9.17, 15) is 10.1 Å². The third-order valence-electron chi connectivity index (χ3n) is 2.13. The van der Waals surface area contributed by atoms with Crippen LogP contribution in [0.2, 0.25) is 0 Å². The van der Waals surface area contributed by atoms with Crippen molar-refractivity contribution >= 4 is 29.6 Å². The van der Waals surface area contributed by atoms with E-state index in [4.69, 9.17) is 11.6 Å². The normalized spacial score (nSPS) is 11.9. The smallest absolute Gasteiger partial charge is 0.258 e. The molecule has 1 aromatic carbocycles. The van der Waals surface area contributed by atoms with Crippen LogP contribution in [0.3, 0.4) is 0 Å². The van der Waals surface area contributed by atoms with Crippen molar-refractivity contribution in [3.63, 3.8) is 0 Å². The van der Waals surface area contributed by atoms with Crippen LogP contribution in [0.4, 0.5) is 5.69 Å². The number of rotatable bonds is 4. The van der Waals surface area contributed by atoms with Crippen LogP contribution in [-0.2, 0) is 0 Å². The van der Waals surface area contributed by atoms with Crippen molar-refractivity contribution in [1.29, 1.82) is 0 Å². The van der Waals surface area contributed by atoms with Gasteiger partial charge in [0, 0.05) is 12.1 Å². The Labute approximate surface area is 113 Å². The molecule has 0 fully saturated rings. The van der Waals surface area contributed by atoms with Crippen LogP contribution < -0.4 is 0 Å². The molecule has 0 unspecified atom stereocenters. The molecule has 1 aromatic heterocycles. The molecule has 96 valence electrons. The highest BCUT2D eigenvalue weighted by atomic mass is 35.5. The van der Waals surface area contributed by atoms with E-state index in [1.807, 2.05) is 0 Å². The van der Waals surface area contributed by atoms with Gasteiger partial charge in [-0.15, -0.1) is 10.2 Å². The SMILES string of the molecule is O=[N+]([O-])c1ccc(/C=C(Cl)/C=N/n2cnnc2)cc1. The molecule has 0 atom stereocenters. The van der Waals surface area contributed by atoms with Gasteiger partial charge in [0.15, 0.2) is 0 Å². The Morgan fingerprint density at radius 2 is 1.95 bits per heavy atom. The Balaban J connectivity index is 2.10. The van der Waals surface area contributed by atoms with E-state index in [1.165, 1.54) is 35.7 Å². The summed E-state index contributed by atoms with van der Waals surface area (Å²) in [5.74, 6) is 0. The van der Waals surface area contributed by atoms with Crippen LogP contribution in [0.1, 0.15) is 5.56 Å². The third-order valence-corrected chi connectivity index (χ3v) is 2.34. The Morgan fingerprint density at radius 3 is 2.53 bits per heavy atom. The number of nitro benzene ring substituents is 1. The minimum Gasteiger partial charge on any atom is -0.258 e. The fraction of sp³-hybridized carbons (Fsp3) is 0. The average molecular weight is 278 g/mol. The highest BCUT2D eigenvalue weighted by Crippen LogP contribution is 2.15. The minimum absolute atomic E-state index is 0.0337. The number of hydrogen-bond acceptors (Lipinski definition) is 5. The summed E-state index contributed by atoms with van der Waals surface area (Å²) in [7, 11) is 0. The molecule has 0 N–H and O–H groups in total. The fourth-order valence-electron chi connectivity index (χ4n) is 1.27. The highest BCUT2D eigenvalue weighted by molar-refractivity contribution is 6.41. The van der Waals surface area contributed by atoms with Gasteiger partial charge in [0.1, 0.15) is 12.7 Å². The number of aromatic nitrogens is 3. The lowest BCUT2D eigenvalue weighted by atomic mass is 10.2. The van der Waals surface area contributed by atoms with Crippen LogP contribution >= 0.6 is 11.6 Å². The Hall–Kier alpha value is -2.54. The second-order valence-corrected chi connectivity index (χ2v) is 3.90. The van der Waals surface area contributed by atoms with Crippen molar-refractivity contribution in [3.05, 3.63) is 57.6 Å². The summed E-state index contributed by atoms with van der Waals surface area (Å²) < 4.78 is 1.39. The van der Waals surface area contributed by atoms with Gasteiger partial charge in [-0.2, -0.15) is 5.10 Å². The van der Waals surface area contributed by atoms with E-state index in [2.05, 4.69) is 15.3 Å². The molecule has 2 aromatic rings. The molecule has 0 amide bonds. The lowest BCUT2D eigenvalue weighted by molar-refractivity contribution is -0.384. The topological polar surface area (TPSA) is 86.2 Å². The molecular weight excluding hydrogens is 270 g/mol. The first-order chi connectivity index (χ1) is 9.15. The lowest BCUT2D eigenvalue weighted by Crippen LogP contribution is -1.87. The molecular formula is C11H8ClN5O2. The number of halogens is 1. The van der Waals surface area contributed by atoms with E-state index >= 15 is 0 Å². The number of non-ortho nitro benzene ring substituents is 1. The Bertz CT molecular complexity index is 619. The maximum atomic E-state index is 10.5. The summed E-state index contributed by atoms with van der Waals surface area (Å²) in [4.78, 5) is 10.0. The molecule has 0 saturated heterocycles. The lowest BCUT2D eigenvalue weighted by Gasteiger charge is -1.94. The number of allylic oxidation sites excluding steroid dienone is 1. The maximum Gasteiger partial charge on any atom is 0.269 e. The summed E-state index contributed by atoms with van der Waals surface area (Å²) in [5.41, 5.74) is 0.775. The zero-order chi connectivity index (χ0) is 13.7. The van der Waals surface area contributed by atoms with Gasteiger partial charge in [0.05, 0.1) is 16.2 Å². The highest BCUT2D eigenvalue weighted by Gasteiger charge is 2.02. The van der Waals surface area contributed by atoms with E-state index in [-0.39, 0.29) is 5.69 Å². The molecule has 7 nitrogen and oxygen atoms in total. The fourth-order valence-corrected chi connectivity index (χ4v) is 1.44. The standard InChI is InChI=1S/C11H8ClN5O2/c12-10(6-15-16-7-13-14-8-16)5-9-1-3-11(4-2-9)17(18)19/h1-8H/b10-5-,15-6+.